The molecule has 304 valence electrons. The Hall–Kier alpha value is -2.99. The largest absolute Gasteiger partial charge is 0.481 e. The number of nitrogens with zero attached hydrogens (tertiary/aromatic N) is 2. The Morgan fingerprint density at radius 2 is 1.66 bits per heavy atom. The van der Waals surface area contributed by atoms with Crippen LogP contribution < -0.4 is 16.4 Å². The van der Waals surface area contributed by atoms with Crippen LogP contribution in [0.5, 0.6) is 0 Å². The second kappa shape index (κ2) is 16.7. The molecule has 9 rings (SSSR count). The first-order valence-electron chi connectivity index (χ1n) is 22.2. The third kappa shape index (κ3) is 7.91. The van der Waals surface area contributed by atoms with Gasteiger partial charge in [0.05, 0.1) is 17.6 Å². The van der Waals surface area contributed by atoms with Crippen LogP contribution in [0.4, 0.5) is 0 Å². The number of benzene rings is 2. The summed E-state index contributed by atoms with van der Waals surface area (Å²) in [7, 11) is -0.550. The van der Waals surface area contributed by atoms with E-state index in [9.17, 15) is 9.59 Å². The number of nitrogens with two attached hydrogens (primary N) is 1. The van der Waals surface area contributed by atoms with Gasteiger partial charge in [-0.25, -0.2) is 0 Å². The predicted octanol–water partition coefficient (Wildman–Crippen LogP) is 6.25. The molecule has 2 aromatic rings. The zero-order valence-corrected chi connectivity index (χ0v) is 34.2. The molecule has 4 N–H and O–H groups in total. The highest BCUT2D eigenvalue weighted by Gasteiger charge is 2.68. The Balaban J connectivity index is 1.04. The third-order valence-corrected chi connectivity index (χ3v) is 15.3. The fourth-order valence-electron chi connectivity index (χ4n) is 11.7. The van der Waals surface area contributed by atoms with Crippen LogP contribution in [0.3, 0.4) is 0 Å². The molecule has 2 aromatic carbocycles. The lowest BCUT2D eigenvalue weighted by Crippen LogP contribution is -2.65. The van der Waals surface area contributed by atoms with E-state index in [1.165, 1.54) is 12.8 Å². The van der Waals surface area contributed by atoms with Crippen LogP contribution >= 0.6 is 0 Å². The first-order valence-corrected chi connectivity index (χ1v) is 22.2. The van der Waals surface area contributed by atoms with Crippen LogP contribution in [0.2, 0.25) is 0 Å². The summed E-state index contributed by atoms with van der Waals surface area (Å²) < 4.78 is 13.7. The van der Waals surface area contributed by atoms with E-state index in [0.717, 1.165) is 88.1 Å². The normalized spacial score (nSPS) is 31.4. The molecule has 4 aliphatic carbocycles. The molecule has 3 aliphatic heterocycles. The lowest BCUT2D eigenvalue weighted by atomic mass is 9.43. The molecule has 10 nitrogen and oxygen atoms in total. The van der Waals surface area contributed by atoms with E-state index < -0.39 is 19.2 Å². The highest BCUT2D eigenvalue weighted by molar-refractivity contribution is 6.48. The number of hydrogen-bond acceptors (Lipinski definition) is 7. The highest BCUT2D eigenvalue weighted by atomic mass is 16.7. The van der Waals surface area contributed by atoms with E-state index in [0.29, 0.717) is 55.7 Å². The molecule has 0 radical (unpaired) electrons. The molecule has 3 heterocycles. The Bertz CT molecular complexity index is 1730. The number of unbranched alkanes of at least 4 members (excludes halogenated alkanes) is 1. The minimum absolute atomic E-state index is 0.0120. The van der Waals surface area contributed by atoms with Gasteiger partial charge in [-0.1, -0.05) is 89.1 Å². The van der Waals surface area contributed by atoms with Crippen LogP contribution in [0.1, 0.15) is 127 Å². The Labute approximate surface area is 334 Å². The quantitative estimate of drug-likeness (QED) is 0.163. The average Bonchev–Trinajstić information content (AvgIpc) is 3.82. The van der Waals surface area contributed by atoms with Gasteiger partial charge in [0, 0.05) is 18.2 Å². The molecule has 7 fully saturated rings. The summed E-state index contributed by atoms with van der Waals surface area (Å²) in [6, 6.07) is 12.5. The van der Waals surface area contributed by atoms with Gasteiger partial charge in [-0.05, 0) is 124 Å². The number of likely N-dealkylation sites (tertiary alicyclic amines) is 2. The summed E-state index contributed by atoms with van der Waals surface area (Å²) in [4.78, 5) is 48.2. The second-order valence-corrected chi connectivity index (χ2v) is 19.1. The van der Waals surface area contributed by atoms with Gasteiger partial charge in [0.2, 0.25) is 11.8 Å². The van der Waals surface area contributed by atoms with E-state index in [1.54, 1.807) is 0 Å². The first kappa shape index (κ1) is 39.8. The van der Waals surface area contributed by atoms with Gasteiger partial charge >= 0.3 is 7.12 Å². The fourth-order valence-corrected chi connectivity index (χ4v) is 11.7. The number of fused-ring (bicyclic) bond motifs is 1. The molecule has 8 atom stereocenters. The van der Waals surface area contributed by atoms with Crippen molar-refractivity contribution in [2.75, 3.05) is 26.2 Å². The standard InChI is InChI=1S/C45H66BN5O5/c1-44(2)34-26-38(44)45(3)39(27-34)55-46(56-45)40(18-10-11-21-47)49-42(53)37-28-35(50-22-12-5-13-23-50)29-51(37)43(54)36(24-30-14-6-4-7-15-30)48-41(52)33-20-19-31-16-8-9-17-32(31)25-33/h8-9,16-17,19-20,25,30,34-40H,4-7,10-15,18,21-24,26-29,47H2,1-3H3,(H,48,52)(H,49,53)/t34-,35+,36+,37-,38-,39+,40-,45-/m0/s1. The zero-order chi connectivity index (χ0) is 39.0. The van der Waals surface area contributed by atoms with Crippen molar-refractivity contribution in [2.45, 2.75) is 153 Å². The van der Waals surface area contributed by atoms with Gasteiger partial charge in [0.15, 0.2) is 0 Å². The van der Waals surface area contributed by atoms with Crippen LogP contribution in [-0.4, -0.2) is 96.6 Å². The van der Waals surface area contributed by atoms with Crippen LogP contribution in [-0.2, 0) is 18.9 Å². The summed E-state index contributed by atoms with van der Waals surface area (Å²) in [5.74, 6) is 0.516. The van der Waals surface area contributed by atoms with Crippen molar-refractivity contribution in [3.8, 4) is 0 Å². The molecule has 56 heavy (non-hydrogen) atoms. The SMILES string of the molecule is CC1(C)[C@@H]2C[C@H]3OB([C@H](CCCCN)NC(=O)[C@@H]4C[C@@H](N5CCCCC5)CN4C(=O)[C@@H](CC4CCCCC4)NC(=O)c4ccc5ccccc5c4)O[C@@]3(C)[C@H]1C2. The maximum Gasteiger partial charge on any atom is 0.481 e. The third-order valence-electron chi connectivity index (χ3n) is 15.3. The van der Waals surface area contributed by atoms with E-state index in [-0.39, 0.29) is 46.8 Å². The summed E-state index contributed by atoms with van der Waals surface area (Å²) >= 11 is 0. The second-order valence-electron chi connectivity index (χ2n) is 19.1. The minimum atomic E-state index is -0.716. The van der Waals surface area contributed by atoms with Crippen molar-refractivity contribution in [2.24, 2.45) is 28.9 Å². The molecule has 7 aliphatic rings. The fraction of sp³-hybridized carbons (Fsp3) is 0.711. The van der Waals surface area contributed by atoms with Gasteiger partial charge in [-0.2, -0.15) is 0 Å². The molecule has 3 saturated heterocycles. The Morgan fingerprint density at radius 1 is 0.911 bits per heavy atom. The van der Waals surface area contributed by atoms with E-state index in [2.05, 4.69) is 36.3 Å². The number of rotatable bonds is 13. The zero-order valence-electron chi connectivity index (χ0n) is 34.2. The monoisotopic (exact) mass is 768 g/mol. The Morgan fingerprint density at radius 3 is 2.41 bits per heavy atom. The molecule has 4 saturated carbocycles. The van der Waals surface area contributed by atoms with Crippen molar-refractivity contribution in [1.82, 2.24) is 20.4 Å². The summed E-state index contributed by atoms with van der Waals surface area (Å²) in [5.41, 5.74) is 6.31. The lowest BCUT2D eigenvalue weighted by molar-refractivity contribution is -0.199. The van der Waals surface area contributed by atoms with Crippen molar-refractivity contribution >= 4 is 35.6 Å². The maximum atomic E-state index is 15.1. The molecular weight excluding hydrogens is 701 g/mol. The van der Waals surface area contributed by atoms with E-state index >= 15 is 4.79 Å². The Kier molecular flexibility index (Phi) is 11.9. The van der Waals surface area contributed by atoms with Crippen molar-refractivity contribution in [1.29, 1.82) is 0 Å². The minimum Gasteiger partial charge on any atom is -0.404 e. The van der Waals surface area contributed by atoms with Gasteiger partial charge in [-0.3, -0.25) is 19.3 Å². The average molecular weight is 768 g/mol. The van der Waals surface area contributed by atoms with Gasteiger partial charge in [-0.15, -0.1) is 0 Å². The van der Waals surface area contributed by atoms with E-state index in [1.807, 2.05) is 47.4 Å². The topological polar surface area (TPSA) is 126 Å². The number of carbonyl (C=O) groups excluding carboxylic acids is 3. The van der Waals surface area contributed by atoms with Crippen LogP contribution in [0.25, 0.3) is 10.8 Å². The number of hydrogen-bond donors (Lipinski definition) is 3. The molecule has 2 bridgehead atoms. The van der Waals surface area contributed by atoms with Gasteiger partial charge in [0.25, 0.3) is 5.91 Å². The summed E-state index contributed by atoms with van der Waals surface area (Å²) in [6.07, 6.45) is 14.8. The summed E-state index contributed by atoms with van der Waals surface area (Å²) in [6.45, 7) is 9.97. The van der Waals surface area contributed by atoms with Gasteiger partial charge < -0.3 is 30.6 Å². The lowest BCUT2D eigenvalue weighted by Gasteiger charge is -2.64. The predicted molar refractivity (Wildman–Crippen MR) is 221 cm³/mol. The molecule has 11 heteroatoms. The number of carbonyl (C=O) groups is 3. The van der Waals surface area contributed by atoms with Crippen LogP contribution in [0, 0.1) is 23.2 Å². The van der Waals surface area contributed by atoms with Crippen molar-refractivity contribution < 1.29 is 23.7 Å². The molecular formula is C45H66BN5O5. The van der Waals surface area contributed by atoms with Crippen LogP contribution in [0.15, 0.2) is 42.5 Å². The highest BCUT2D eigenvalue weighted by Crippen LogP contribution is 2.65. The van der Waals surface area contributed by atoms with Crippen molar-refractivity contribution in [3.05, 3.63) is 48.0 Å². The number of piperidine rings is 1. The van der Waals surface area contributed by atoms with Gasteiger partial charge in [0.1, 0.15) is 12.1 Å². The molecule has 0 aromatic heterocycles. The van der Waals surface area contributed by atoms with Crippen molar-refractivity contribution in [3.63, 3.8) is 0 Å². The first-order chi connectivity index (χ1) is 27.0. The number of nitrogens with one attached hydrogen (secondary N) is 2. The molecule has 0 spiro atoms. The molecule has 0 unspecified atom stereocenters. The smallest absolute Gasteiger partial charge is 0.404 e. The number of amides is 3. The van der Waals surface area contributed by atoms with E-state index in [4.69, 9.17) is 15.0 Å². The molecule has 3 amide bonds. The summed E-state index contributed by atoms with van der Waals surface area (Å²) in [5, 5.41) is 8.69. The maximum absolute atomic E-state index is 15.1.